The van der Waals surface area contributed by atoms with Crippen LogP contribution in [0.3, 0.4) is 0 Å². The van der Waals surface area contributed by atoms with E-state index in [1.165, 1.54) is 0 Å². The van der Waals surface area contributed by atoms with Crippen LogP contribution < -0.4 is 3.87 Å². The molecule has 0 heterocycles. The minimum atomic E-state index is -3.17. The first-order valence-electron chi connectivity index (χ1n) is 6.13. The fourth-order valence-corrected chi connectivity index (χ4v) is 8.82. The predicted octanol–water partition coefficient (Wildman–Crippen LogP) is 5.84. The van der Waals surface area contributed by atoms with E-state index in [9.17, 15) is 0 Å². The van der Waals surface area contributed by atoms with E-state index < -0.39 is 14.0 Å². The van der Waals surface area contributed by atoms with E-state index in [2.05, 4.69) is 69.5 Å². The second-order valence-corrected chi connectivity index (χ2v) is 25.7. The van der Waals surface area contributed by atoms with Crippen molar-refractivity contribution in [1.82, 2.24) is 0 Å². The summed E-state index contributed by atoms with van der Waals surface area (Å²) in [6.45, 7) is 0. The van der Waals surface area contributed by atoms with E-state index in [1.807, 2.05) is 0 Å². The van der Waals surface area contributed by atoms with Crippen LogP contribution in [0.25, 0.3) is 0 Å². The second kappa shape index (κ2) is 5.96. The number of hydrogen-bond acceptors (Lipinski definition) is 0. The van der Waals surface area contributed by atoms with Gasteiger partial charge in [-0.25, -0.2) is 0 Å². The topological polar surface area (TPSA) is 0 Å². The van der Waals surface area contributed by atoms with Crippen molar-refractivity contribution in [3.63, 3.8) is 0 Å². The Morgan fingerprint density at radius 1 is 0.842 bits per heavy atom. The van der Waals surface area contributed by atoms with Gasteiger partial charge in [0.1, 0.15) is 0 Å². The number of hydrogen-bond donors (Lipinski definition) is 0. The first-order chi connectivity index (χ1) is 7.24. The first-order valence-corrected chi connectivity index (χ1v) is 13.9. The Hall–Kier alpha value is 0.284. The standard InChI is InChI=1S/C6H5.C5H5.4CH3.3ClH.Ti/c1-2-4-6-5-3-1;1-2-4-5-3-1;;;;;;;;/h1-5H;1-3H,4H2;4*1H3;3*1H;. The van der Waals surface area contributed by atoms with Gasteiger partial charge in [0, 0.05) is 0 Å². The van der Waals surface area contributed by atoms with Gasteiger partial charge in [-0.2, -0.15) is 0 Å². The molecule has 1 aromatic carbocycles. The fraction of sp³-hybridized carbons (Fsp3) is 0.333. The molecular weight excluding hydrogens is 334 g/mol. The SMILES string of the molecule is Cl.Cl.Cl.[CH3][Ti]([CH3])([CH3])([CH3])([C]1=CC=CC1)[c]1ccccc1. The molecule has 0 amide bonds. The van der Waals surface area contributed by atoms with Gasteiger partial charge in [0.05, 0.1) is 0 Å². The Morgan fingerprint density at radius 2 is 1.37 bits per heavy atom. The molecule has 0 fully saturated rings. The van der Waals surface area contributed by atoms with Crippen LogP contribution in [-0.2, 0) is 14.0 Å². The molecule has 0 spiro atoms. The van der Waals surface area contributed by atoms with E-state index in [4.69, 9.17) is 0 Å². The molecule has 0 saturated heterocycles. The van der Waals surface area contributed by atoms with Crippen LogP contribution >= 0.6 is 37.2 Å². The zero-order chi connectivity index (χ0) is 11.9. The van der Waals surface area contributed by atoms with Crippen LogP contribution in [0.4, 0.5) is 0 Å². The predicted molar refractivity (Wildman–Crippen MR) is 93.1 cm³/mol. The number of allylic oxidation sites excluding steroid dienone is 4. The van der Waals surface area contributed by atoms with Crippen LogP contribution in [0.1, 0.15) is 6.42 Å². The van der Waals surface area contributed by atoms with Gasteiger partial charge in [0.15, 0.2) is 0 Å². The van der Waals surface area contributed by atoms with Gasteiger partial charge in [-0.05, 0) is 0 Å². The van der Waals surface area contributed by atoms with Gasteiger partial charge in [-0.1, -0.05) is 0 Å². The maximum absolute atomic E-state index is 3.17. The second-order valence-electron chi connectivity index (χ2n) is 7.82. The van der Waals surface area contributed by atoms with Gasteiger partial charge in [0.25, 0.3) is 0 Å². The Kier molecular flexibility index (Phi) is 6.76. The molecular formula is C15H25Cl3Ti. The van der Waals surface area contributed by atoms with Crippen LogP contribution in [-0.4, -0.2) is 0 Å². The van der Waals surface area contributed by atoms with Crippen LogP contribution in [0.2, 0.25) is 20.9 Å². The zero-order valence-corrected chi connectivity index (χ0v) is 16.1. The van der Waals surface area contributed by atoms with Crippen LogP contribution in [0.5, 0.6) is 0 Å². The molecule has 0 aromatic heterocycles. The van der Waals surface area contributed by atoms with Crippen molar-refractivity contribution in [2.45, 2.75) is 27.3 Å². The summed E-state index contributed by atoms with van der Waals surface area (Å²) in [7, 11) is 0. The molecule has 0 atom stereocenters. The summed E-state index contributed by atoms with van der Waals surface area (Å²) in [6, 6.07) is 11.1. The molecule has 0 unspecified atom stereocenters. The Labute approximate surface area is 134 Å². The Balaban J connectivity index is 0. The monoisotopic (exact) mass is 358 g/mol. The normalized spacial score (nSPS) is 16.9. The van der Waals surface area contributed by atoms with Crippen molar-refractivity contribution >= 4 is 41.1 Å². The van der Waals surface area contributed by atoms with Crippen molar-refractivity contribution in [2.24, 2.45) is 0 Å². The summed E-state index contributed by atoms with van der Waals surface area (Å²) < 4.78 is 3.21. The summed E-state index contributed by atoms with van der Waals surface area (Å²) in [5.41, 5.74) is 0. The third-order valence-corrected chi connectivity index (χ3v) is 14.0. The molecule has 0 aliphatic heterocycles. The molecule has 4 heteroatoms. The van der Waals surface area contributed by atoms with Crippen molar-refractivity contribution in [1.29, 1.82) is 0 Å². The summed E-state index contributed by atoms with van der Waals surface area (Å²) in [5.74, 6) is 0. The fourth-order valence-electron chi connectivity index (χ4n) is 2.66. The third kappa shape index (κ3) is 3.89. The van der Waals surface area contributed by atoms with Crippen molar-refractivity contribution in [3.8, 4) is 0 Å². The van der Waals surface area contributed by atoms with Gasteiger partial charge in [0.2, 0.25) is 0 Å². The van der Waals surface area contributed by atoms with E-state index in [1.54, 1.807) is 7.75 Å². The molecule has 19 heavy (non-hydrogen) atoms. The molecule has 110 valence electrons. The van der Waals surface area contributed by atoms with Crippen molar-refractivity contribution in [3.05, 3.63) is 52.4 Å². The summed E-state index contributed by atoms with van der Waals surface area (Å²) >= 11 is -3.17. The Morgan fingerprint density at radius 3 is 1.79 bits per heavy atom. The summed E-state index contributed by atoms with van der Waals surface area (Å²) in [5, 5.41) is 10.1. The van der Waals surface area contributed by atoms with Gasteiger partial charge >= 0.3 is 97.7 Å². The molecule has 0 saturated carbocycles. The third-order valence-electron chi connectivity index (χ3n) is 4.29. The van der Waals surface area contributed by atoms with Crippen LogP contribution in [0.15, 0.2) is 52.4 Å². The zero-order valence-electron chi connectivity index (χ0n) is 12.1. The minimum absolute atomic E-state index is 0. The molecule has 0 bridgehead atoms. The molecule has 1 aliphatic carbocycles. The average molecular weight is 360 g/mol. The molecule has 1 aliphatic rings. The Bertz CT molecular complexity index is 480. The van der Waals surface area contributed by atoms with E-state index in [0.29, 0.717) is 0 Å². The molecule has 0 nitrogen and oxygen atoms in total. The van der Waals surface area contributed by atoms with Crippen molar-refractivity contribution < 1.29 is 14.0 Å². The van der Waals surface area contributed by atoms with Gasteiger partial charge in [-0.15, -0.1) is 37.2 Å². The number of rotatable bonds is 2. The van der Waals surface area contributed by atoms with E-state index >= 15 is 0 Å². The summed E-state index contributed by atoms with van der Waals surface area (Å²) in [6.07, 6.45) is 7.97. The quantitative estimate of drug-likeness (QED) is 0.582. The number of benzene rings is 1. The molecule has 1 aromatic rings. The first kappa shape index (κ1) is 21.6. The van der Waals surface area contributed by atoms with Crippen LogP contribution in [0, 0.1) is 0 Å². The molecule has 0 radical (unpaired) electrons. The van der Waals surface area contributed by atoms with E-state index in [0.717, 1.165) is 6.42 Å². The van der Waals surface area contributed by atoms with Gasteiger partial charge in [-0.3, -0.25) is 0 Å². The van der Waals surface area contributed by atoms with E-state index in [-0.39, 0.29) is 37.2 Å². The maximum atomic E-state index is 2.52. The van der Waals surface area contributed by atoms with Crippen molar-refractivity contribution in [2.75, 3.05) is 0 Å². The molecule has 2 rings (SSSR count). The average Bonchev–Trinajstić information content (AvgIpc) is 2.72. The number of halogens is 3. The molecule has 0 N–H and O–H groups in total. The van der Waals surface area contributed by atoms with Gasteiger partial charge < -0.3 is 0 Å². The summed E-state index contributed by atoms with van der Waals surface area (Å²) in [4.78, 5) is 0.